The van der Waals surface area contributed by atoms with Gasteiger partial charge in [0.1, 0.15) is 11.3 Å². The number of carbonyl (C=O) groups is 1. The third-order valence-corrected chi connectivity index (χ3v) is 6.85. The normalized spacial score (nSPS) is 13.7. The summed E-state index contributed by atoms with van der Waals surface area (Å²) in [6.07, 6.45) is 4.96. The van der Waals surface area contributed by atoms with Crippen LogP contribution in [-0.2, 0) is 24.4 Å². The Kier molecular flexibility index (Phi) is 8.20. The van der Waals surface area contributed by atoms with E-state index < -0.39 is 5.69 Å². The van der Waals surface area contributed by atoms with Gasteiger partial charge in [-0.3, -0.25) is 18.7 Å². The van der Waals surface area contributed by atoms with Crippen LogP contribution in [0.15, 0.2) is 21.7 Å². The first-order chi connectivity index (χ1) is 17.9. The molecule has 0 atom stereocenters. The fraction of sp³-hybridized carbons (Fsp3) is 0.538. The van der Waals surface area contributed by atoms with Crippen LogP contribution in [0.4, 0.5) is 0 Å². The standard InChI is InChI=1S/C26H35N5O6/c1-5-11-31-25(33)21-24(29-23(28-21)17-8-6-7-9-17)30(26(31)34)12-10-20(32)27-15-16-13-18(35-2)22(37-4)19(14-16)36-3/h13-14,17H,5-12,15H2,1-4H3,(H,27,32)(H,28,29). The summed E-state index contributed by atoms with van der Waals surface area (Å²) >= 11 is 0. The summed E-state index contributed by atoms with van der Waals surface area (Å²) in [4.78, 5) is 46.9. The minimum atomic E-state index is -0.443. The molecule has 1 aromatic carbocycles. The number of amides is 1. The number of fused-ring (bicyclic) bond motifs is 1. The van der Waals surface area contributed by atoms with E-state index in [1.807, 2.05) is 6.92 Å². The maximum atomic E-state index is 13.2. The van der Waals surface area contributed by atoms with Gasteiger partial charge in [-0.05, 0) is 37.0 Å². The molecule has 3 aromatic rings. The Hall–Kier alpha value is -3.76. The van der Waals surface area contributed by atoms with E-state index in [4.69, 9.17) is 14.2 Å². The lowest BCUT2D eigenvalue weighted by atomic mass is 10.1. The first-order valence-corrected chi connectivity index (χ1v) is 12.7. The number of ether oxygens (including phenoxy) is 3. The number of hydrogen-bond acceptors (Lipinski definition) is 7. The number of nitrogens with one attached hydrogen (secondary N) is 2. The van der Waals surface area contributed by atoms with Crippen LogP contribution in [-0.4, -0.2) is 46.3 Å². The fourth-order valence-electron chi connectivity index (χ4n) is 4.94. The predicted molar refractivity (Wildman–Crippen MR) is 139 cm³/mol. The molecule has 1 amide bonds. The fourth-order valence-corrected chi connectivity index (χ4v) is 4.94. The third kappa shape index (κ3) is 5.35. The zero-order valence-corrected chi connectivity index (χ0v) is 21.9. The van der Waals surface area contributed by atoms with Crippen molar-refractivity contribution in [1.82, 2.24) is 24.4 Å². The summed E-state index contributed by atoms with van der Waals surface area (Å²) in [6, 6.07) is 3.54. The molecule has 11 nitrogen and oxygen atoms in total. The molecule has 0 radical (unpaired) electrons. The summed E-state index contributed by atoms with van der Waals surface area (Å²) in [6.45, 7) is 2.56. The molecule has 2 N–H and O–H groups in total. The third-order valence-electron chi connectivity index (χ3n) is 6.85. The van der Waals surface area contributed by atoms with Crippen molar-refractivity contribution in [3.8, 4) is 17.2 Å². The lowest BCUT2D eigenvalue weighted by Crippen LogP contribution is -2.40. The van der Waals surface area contributed by atoms with E-state index in [-0.39, 0.29) is 36.9 Å². The smallest absolute Gasteiger partial charge is 0.332 e. The highest BCUT2D eigenvalue weighted by Gasteiger charge is 2.24. The number of rotatable bonds is 11. The maximum absolute atomic E-state index is 13.2. The van der Waals surface area contributed by atoms with Crippen LogP contribution in [0.3, 0.4) is 0 Å². The van der Waals surface area contributed by atoms with Crippen LogP contribution in [0.2, 0.25) is 0 Å². The second-order valence-corrected chi connectivity index (χ2v) is 9.25. The van der Waals surface area contributed by atoms with Gasteiger partial charge in [0, 0.05) is 32.0 Å². The minimum Gasteiger partial charge on any atom is -0.493 e. The number of methoxy groups -OCH3 is 3. The van der Waals surface area contributed by atoms with Gasteiger partial charge in [-0.1, -0.05) is 19.8 Å². The Labute approximate surface area is 214 Å². The number of nitrogens with zero attached hydrogens (tertiary/aromatic N) is 3. The molecule has 1 aliphatic rings. The Morgan fingerprint density at radius 1 is 1.05 bits per heavy atom. The topological polar surface area (TPSA) is 129 Å². The van der Waals surface area contributed by atoms with Crippen LogP contribution in [0.1, 0.15) is 62.8 Å². The van der Waals surface area contributed by atoms with Gasteiger partial charge in [-0.2, -0.15) is 0 Å². The highest BCUT2D eigenvalue weighted by Crippen LogP contribution is 2.38. The molecular weight excluding hydrogens is 478 g/mol. The van der Waals surface area contributed by atoms with Crippen molar-refractivity contribution in [3.05, 3.63) is 44.4 Å². The molecule has 0 saturated heterocycles. The molecule has 0 spiro atoms. The number of aromatic amines is 1. The molecule has 200 valence electrons. The predicted octanol–water partition coefficient (Wildman–Crippen LogP) is 2.69. The molecule has 37 heavy (non-hydrogen) atoms. The summed E-state index contributed by atoms with van der Waals surface area (Å²) in [5.41, 5.74) is 0.616. The van der Waals surface area contributed by atoms with Crippen molar-refractivity contribution >= 4 is 17.1 Å². The van der Waals surface area contributed by atoms with Crippen molar-refractivity contribution in [3.63, 3.8) is 0 Å². The van der Waals surface area contributed by atoms with Crippen LogP contribution < -0.4 is 30.8 Å². The number of aryl methyl sites for hydroxylation is 1. The first-order valence-electron chi connectivity index (χ1n) is 12.7. The van der Waals surface area contributed by atoms with E-state index in [2.05, 4.69) is 15.3 Å². The van der Waals surface area contributed by atoms with Crippen molar-refractivity contribution in [2.75, 3.05) is 21.3 Å². The van der Waals surface area contributed by atoms with Gasteiger partial charge in [0.2, 0.25) is 11.7 Å². The molecule has 0 unspecified atom stereocenters. The van der Waals surface area contributed by atoms with E-state index in [0.29, 0.717) is 41.4 Å². The lowest BCUT2D eigenvalue weighted by Gasteiger charge is -2.14. The summed E-state index contributed by atoms with van der Waals surface area (Å²) in [7, 11) is 4.59. The van der Waals surface area contributed by atoms with E-state index in [9.17, 15) is 14.4 Å². The number of hydrogen-bond donors (Lipinski definition) is 2. The van der Waals surface area contributed by atoms with E-state index >= 15 is 0 Å². The first kappa shape index (κ1) is 26.3. The maximum Gasteiger partial charge on any atom is 0.332 e. The summed E-state index contributed by atoms with van der Waals surface area (Å²) in [5.74, 6) is 2.23. The largest absolute Gasteiger partial charge is 0.493 e. The average Bonchev–Trinajstić information content (AvgIpc) is 3.60. The van der Waals surface area contributed by atoms with Gasteiger partial charge in [0.15, 0.2) is 17.1 Å². The molecule has 4 rings (SSSR count). The molecule has 0 aliphatic heterocycles. The van der Waals surface area contributed by atoms with Crippen LogP contribution >= 0.6 is 0 Å². The van der Waals surface area contributed by atoms with Crippen molar-refractivity contribution in [2.24, 2.45) is 0 Å². The Bertz CT molecular complexity index is 1360. The molecule has 2 aromatic heterocycles. The summed E-state index contributed by atoms with van der Waals surface area (Å²) < 4.78 is 18.8. The van der Waals surface area contributed by atoms with Crippen molar-refractivity contribution in [1.29, 1.82) is 0 Å². The monoisotopic (exact) mass is 513 g/mol. The Balaban J connectivity index is 1.54. The van der Waals surface area contributed by atoms with Gasteiger partial charge in [-0.15, -0.1) is 0 Å². The van der Waals surface area contributed by atoms with Gasteiger partial charge in [0.05, 0.1) is 21.3 Å². The lowest BCUT2D eigenvalue weighted by molar-refractivity contribution is -0.121. The molecule has 11 heteroatoms. The quantitative estimate of drug-likeness (QED) is 0.403. The number of benzene rings is 1. The van der Waals surface area contributed by atoms with Gasteiger partial charge in [-0.25, -0.2) is 9.78 Å². The second-order valence-electron chi connectivity index (χ2n) is 9.25. The molecule has 1 saturated carbocycles. The molecule has 2 heterocycles. The highest BCUT2D eigenvalue weighted by atomic mass is 16.5. The van der Waals surface area contributed by atoms with Gasteiger partial charge >= 0.3 is 5.69 Å². The van der Waals surface area contributed by atoms with Crippen LogP contribution in [0, 0.1) is 0 Å². The minimum absolute atomic E-state index is 0.0510. The molecule has 0 bridgehead atoms. The number of aromatic nitrogens is 4. The van der Waals surface area contributed by atoms with Crippen molar-refractivity contribution < 1.29 is 19.0 Å². The highest BCUT2D eigenvalue weighted by molar-refractivity contribution is 5.76. The number of imidazole rings is 1. The molecule has 1 aliphatic carbocycles. The zero-order chi connectivity index (χ0) is 26.5. The second kappa shape index (κ2) is 11.5. The van der Waals surface area contributed by atoms with Crippen LogP contribution in [0.25, 0.3) is 11.2 Å². The van der Waals surface area contributed by atoms with E-state index in [1.165, 1.54) is 30.5 Å². The van der Waals surface area contributed by atoms with E-state index in [0.717, 1.165) is 37.1 Å². The van der Waals surface area contributed by atoms with Gasteiger partial charge < -0.3 is 24.5 Å². The SMILES string of the molecule is CCCn1c(=O)c2[nH]c(C3CCCC3)nc2n(CCC(=O)NCc2cc(OC)c(OC)c(OC)c2)c1=O. The summed E-state index contributed by atoms with van der Waals surface area (Å²) in [5, 5.41) is 2.87. The molecule has 1 fully saturated rings. The zero-order valence-electron chi connectivity index (χ0n) is 21.9. The number of H-pyrrole nitrogens is 1. The van der Waals surface area contributed by atoms with Gasteiger partial charge in [0.25, 0.3) is 5.56 Å². The van der Waals surface area contributed by atoms with E-state index in [1.54, 1.807) is 12.1 Å². The average molecular weight is 514 g/mol. The number of carbonyl (C=O) groups excluding carboxylic acids is 1. The van der Waals surface area contributed by atoms with Crippen molar-refractivity contribution in [2.45, 2.75) is 71.0 Å². The Morgan fingerprint density at radius 3 is 2.32 bits per heavy atom. The Morgan fingerprint density at radius 2 is 1.73 bits per heavy atom. The van der Waals surface area contributed by atoms with Crippen LogP contribution in [0.5, 0.6) is 17.2 Å². The molecular formula is C26H35N5O6.